The molecule has 0 amide bonds. The van der Waals surface area contributed by atoms with Crippen LogP contribution in [0.15, 0.2) is 60.7 Å². The Morgan fingerprint density at radius 2 is 1.40 bits per heavy atom. The lowest BCUT2D eigenvalue weighted by Gasteiger charge is -2.03. The van der Waals surface area contributed by atoms with Crippen LogP contribution in [0.1, 0.15) is 5.56 Å². The Balaban J connectivity index is 1.81. The molecule has 0 bridgehead atoms. The highest BCUT2D eigenvalue weighted by atomic mass is 16.5. The summed E-state index contributed by atoms with van der Waals surface area (Å²) in [4.78, 5) is 0. The van der Waals surface area contributed by atoms with Crippen LogP contribution >= 0.6 is 0 Å². The molecule has 0 fully saturated rings. The first-order chi connectivity index (χ1) is 7.45. The molecule has 0 aromatic heterocycles. The SMILES string of the molecule is [C](Cc1ccccc1)Oc1ccccc1. The molecule has 2 rings (SSSR count). The summed E-state index contributed by atoms with van der Waals surface area (Å²) >= 11 is 0. The van der Waals surface area contributed by atoms with Crippen molar-refractivity contribution in [1.29, 1.82) is 0 Å². The van der Waals surface area contributed by atoms with E-state index in [1.165, 1.54) is 5.56 Å². The first kappa shape index (κ1) is 9.78. The number of ether oxygens (including phenoxy) is 1. The molecular weight excluding hydrogens is 184 g/mol. The lowest BCUT2D eigenvalue weighted by atomic mass is 10.2. The van der Waals surface area contributed by atoms with Gasteiger partial charge in [0.2, 0.25) is 6.61 Å². The summed E-state index contributed by atoms with van der Waals surface area (Å²) in [6, 6.07) is 19.8. The average molecular weight is 196 g/mol. The molecule has 0 aliphatic rings. The lowest BCUT2D eigenvalue weighted by molar-refractivity contribution is 0.401. The van der Waals surface area contributed by atoms with Crippen molar-refractivity contribution >= 4 is 0 Å². The molecule has 1 heteroatoms. The maximum atomic E-state index is 5.36. The van der Waals surface area contributed by atoms with E-state index in [2.05, 4.69) is 18.7 Å². The summed E-state index contributed by atoms with van der Waals surface area (Å²) in [7, 11) is 0. The largest absolute Gasteiger partial charge is 0.478 e. The smallest absolute Gasteiger partial charge is 0.200 e. The summed E-state index contributed by atoms with van der Waals surface area (Å²) in [6.07, 6.45) is 0.704. The van der Waals surface area contributed by atoms with Gasteiger partial charge in [0.1, 0.15) is 5.75 Å². The molecule has 0 aliphatic carbocycles. The average Bonchev–Trinajstić information content (AvgIpc) is 2.32. The quantitative estimate of drug-likeness (QED) is 0.728. The molecule has 2 aromatic carbocycles. The molecule has 15 heavy (non-hydrogen) atoms. The van der Waals surface area contributed by atoms with E-state index in [4.69, 9.17) is 4.74 Å². The Morgan fingerprint density at radius 1 is 0.800 bits per heavy atom. The highest BCUT2D eigenvalue weighted by Crippen LogP contribution is 2.11. The molecule has 0 spiro atoms. The number of para-hydroxylation sites is 1. The van der Waals surface area contributed by atoms with Gasteiger partial charge >= 0.3 is 0 Å². The summed E-state index contributed by atoms with van der Waals surface area (Å²) in [5, 5.41) is 0. The van der Waals surface area contributed by atoms with Crippen molar-refractivity contribution in [2.45, 2.75) is 6.42 Å². The van der Waals surface area contributed by atoms with Gasteiger partial charge < -0.3 is 4.74 Å². The van der Waals surface area contributed by atoms with Crippen LogP contribution in [-0.2, 0) is 6.42 Å². The van der Waals surface area contributed by atoms with E-state index in [1.54, 1.807) is 0 Å². The first-order valence-electron chi connectivity index (χ1n) is 4.94. The predicted octanol–water partition coefficient (Wildman–Crippen LogP) is 3.35. The Kier molecular flexibility index (Phi) is 3.39. The minimum atomic E-state index is 0.704. The van der Waals surface area contributed by atoms with Crippen molar-refractivity contribution < 1.29 is 4.74 Å². The number of rotatable bonds is 4. The zero-order chi connectivity index (χ0) is 10.3. The topological polar surface area (TPSA) is 9.23 Å². The van der Waals surface area contributed by atoms with Gasteiger partial charge in [-0.05, 0) is 17.7 Å². The Labute approximate surface area is 90.3 Å². The van der Waals surface area contributed by atoms with Crippen molar-refractivity contribution in [3.8, 4) is 5.75 Å². The molecule has 2 aromatic rings. The van der Waals surface area contributed by atoms with Crippen LogP contribution in [0.2, 0.25) is 0 Å². The third-order valence-electron chi connectivity index (χ3n) is 2.05. The zero-order valence-electron chi connectivity index (χ0n) is 8.39. The second kappa shape index (κ2) is 5.20. The van der Waals surface area contributed by atoms with E-state index in [0.29, 0.717) is 6.42 Å². The highest BCUT2D eigenvalue weighted by Gasteiger charge is 1.95. The monoisotopic (exact) mass is 196 g/mol. The van der Waals surface area contributed by atoms with Gasteiger partial charge in [-0.2, -0.15) is 0 Å². The number of hydrogen-bond acceptors (Lipinski definition) is 1. The summed E-state index contributed by atoms with van der Waals surface area (Å²) in [5.74, 6) is 0.827. The molecule has 0 saturated heterocycles. The second-order valence-electron chi connectivity index (χ2n) is 3.22. The van der Waals surface area contributed by atoms with Crippen LogP contribution in [0.5, 0.6) is 5.75 Å². The predicted molar refractivity (Wildman–Crippen MR) is 60.5 cm³/mol. The van der Waals surface area contributed by atoms with Gasteiger partial charge in [-0.25, -0.2) is 0 Å². The standard InChI is InChI=1S/C14H12O/c1-3-7-13(8-4-1)11-12-15-14-9-5-2-6-10-14/h1-10H,11H2. The van der Waals surface area contributed by atoms with E-state index < -0.39 is 0 Å². The van der Waals surface area contributed by atoms with Gasteiger partial charge in [-0.15, -0.1) is 0 Å². The minimum absolute atomic E-state index is 0.704. The summed E-state index contributed by atoms with van der Waals surface area (Å²) in [5.41, 5.74) is 1.20. The van der Waals surface area contributed by atoms with E-state index >= 15 is 0 Å². The van der Waals surface area contributed by atoms with Crippen molar-refractivity contribution in [3.63, 3.8) is 0 Å². The van der Waals surface area contributed by atoms with Crippen LogP contribution < -0.4 is 4.74 Å². The normalized spacial score (nSPS) is 9.87. The third-order valence-corrected chi connectivity index (χ3v) is 2.05. The van der Waals surface area contributed by atoms with Gasteiger partial charge in [-0.1, -0.05) is 48.5 Å². The fraction of sp³-hybridized carbons (Fsp3) is 0.0714. The van der Waals surface area contributed by atoms with E-state index in [0.717, 1.165) is 5.75 Å². The first-order valence-corrected chi connectivity index (χ1v) is 4.94. The summed E-state index contributed by atoms with van der Waals surface area (Å²) < 4.78 is 5.36. The Hall–Kier alpha value is -1.76. The van der Waals surface area contributed by atoms with E-state index in [-0.39, 0.29) is 0 Å². The van der Waals surface area contributed by atoms with Gasteiger partial charge in [0.25, 0.3) is 0 Å². The van der Waals surface area contributed by atoms with Crippen LogP contribution in [0.25, 0.3) is 0 Å². The molecule has 0 heterocycles. The second-order valence-corrected chi connectivity index (χ2v) is 3.22. The van der Waals surface area contributed by atoms with Crippen LogP contribution in [0.3, 0.4) is 0 Å². The molecule has 0 saturated carbocycles. The van der Waals surface area contributed by atoms with Crippen LogP contribution in [0, 0.1) is 6.61 Å². The fourth-order valence-corrected chi connectivity index (χ4v) is 1.29. The molecule has 0 N–H and O–H groups in total. The van der Waals surface area contributed by atoms with Crippen molar-refractivity contribution in [2.75, 3.05) is 0 Å². The maximum Gasteiger partial charge on any atom is 0.200 e. The molecule has 0 aliphatic heterocycles. The van der Waals surface area contributed by atoms with Crippen molar-refractivity contribution in [3.05, 3.63) is 72.8 Å². The summed E-state index contributed by atoms with van der Waals surface area (Å²) in [6.45, 7) is 2.92. The molecule has 74 valence electrons. The Bertz CT molecular complexity index is 341. The Morgan fingerprint density at radius 3 is 2.07 bits per heavy atom. The molecule has 0 atom stereocenters. The molecule has 1 nitrogen and oxygen atoms in total. The van der Waals surface area contributed by atoms with Crippen molar-refractivity contribution in [1.82, 2.24) is 0 Å². The van der Waals surface area contributed by atoms with Gasteiger partial charge in [0.05, 0.1) is 0 Å². The lowest BCUT2D eigenvalue weighted by Crippen LogP contribution is -1.93. The zero-order valence-corrected chi connectivity index (χ0v) is 8.39. The fourth-order valence-electron chi connectivity index (χ4n) is 1.29. The van der Waals surface area contributed by atoms with Gasteiger partial charge in [-0.3, -0.25) is 0 Å². The number of benzene rings is 2. The van der Waals surface area contributed by atoms with Gasteiger partial charge in [0.15, 0.2) is 0 Å². The molecule has 2 radical (unpaired) electrons. The molecular formula is C14H12O. The van der Waals surface area contributed by atoms with Crippen LogP contribution in [-0.4, -0.2) is 0 Å². The van der Waals surface area contributed by atoms with E-state index in [1.807, 2.05) is 48.5 Å². The van der Waals surface area contributed by atoms with Crippen molar-refractivity contribution in [2.24, 2.45) is 0 Å². The highest BCUT2D eigenvalue weighted by molar-refractivity contribution is 5.22. The molecule has 0 unspecified atom stereocenters. The number of hydrogen-bond donors (Lipinski definition) is 0. The van der Waals surface area contributed by atoms with E-state index in [9.17, 15) is 0 Å². The minimum Gasteiger partial charge on any atom is -0.478 e. The third kappa shape index (κ3) is 3.13. The maximum absolute atomic E-state index is 5.36. The van der Waals surface area contributed by atoms with Crippen LogP contribution in [0.4, 0.5) is 0 Å². The van der Waals surface area contributed by atoms with Gasteiger partial charge in [0, 0.05) is 6.42 Å².